The predicted octanol–water partition coefficient (Wildman–Crippen LogP) is 0.902. The topological polar surface area (TPSA) is 70.6 Å². The second-order valence-corrected chi connectivity index (χ2v) is 6.99. The van der Waals surface area contributed by atoms with Gasteiger partial charge in [0.25, 0.3) is 0 Å². The summed E-state index contributed by atoms with van der Waals surface area (Å²) in [7, 11) is 0. The largest absolute Gasteiger partial charge is 0.378 e. The molecule has 128 valence electrons. The van der Waals surface area contributed by atoms with Crippen molar-refractivity contribution in [2.24, 2.45) is 5.41 Å². The van der Waals surface area contributed by atoms with E-state index in [1.54, 1.807) is 12.4 Å². The van der Waals surface area contributed by atoms with Crippen molar-refractivity contribution < 1.29 is 9.53 Å². The van der Waals surface area contributed by atoms with Crippen molar-refractivity contribution >= 4 is 17.9 Å². The average molecular weight is 329 g/mol. The zero-order chi connectivity index (χ0) is 16.4. The monoisotopic (exact) mass is 329 g/mol. The molecule has 0 amide bonds. The molecule has 0 atom stereocenters. The summed E-state index contributed by atoms with van der Waals surface area (Å²) >= 11 is 0. The summed E-state index contributed by atoms with van der Waals surface area (Å²) < 4.78 is 5.39. The number of rotatable bonds is 5. The third-order valence-corrected chi connectivity index (χ3v) is 5.15. The van der Waals surface area contributed by atoms with Gasteiger partial charge < -0.3 is 19.9 Å². The van der Waals surface area contributed by atoms with Crippen LogP contribution in [0.5, 0.6) is 0 Å². The number of nitrogens with one attached hydrogen (secondary N) is 1. The maximum absolute atomic E-state index is 10.3. The Bertz CT molecular complexity index is 615. The molecule has 1 aromatic heterocycles. The lowest BCUT2D eigenvalue weighted by atomic mass is 9.61. The number of morpholine rings is 1. The number of ether oxygens (including phenoxy) is 1. The number of hydrogen-bond donors (Lipinski definition) is 1. The molecule has 0 unspecified atom stereocenters. The van der Waals surface area contributed by atoms with Gasteiger partial charge in [-0.25, -0.2) is 9.97 Å². The standard InChI is InChI=1S/C17H23N5O2/c23-5-1-2-21-11-17(12-21)9-14(10-17)20-15-8-16(19-13-18-15)22-3-6-24-7-4-22/h1-2,5,8,13-14H,3-4,6-7,9-12H2,(H,18,19,20)/b2-1+. The quantitative estimate of drug-likeness (QED) is 0.636. The lowest BCUT2D eigenvalue weighted by Crippen LogP contribution is -2.63. The molecule has 24 heavy (non-hydrogen) atoms. The molecule has 1 saturated carbocycles. The summed E-state index contributed by atoms with van der Waals surface area (Å²) in [5, 5.41) is 3.54. The molecule has 0 radical (unpaired) electrons. The van der Waals surface area contributed by atoms with Crippen LogP contribution in [-0.2, 0) is 9.53 Å². The second-order valence-electron chi connectivity index (χ2n) is 6.99. The summed E-state index contributed by atoms with van der Waals surface area (Å²) in [5.74, 6) is 1.88. The van der Waals surface area contributed by atoms with Crippen molar-refractivity contribution in [1.29, 1.82) is 0 Å². The van der Waals surface area contributed by atoms with Crippen LogP contribution in [-0.4, -0.2) is 66.6 Å². The fourth-order valence-electron chi connectivity index (χ4n) is 4.02. The van der Waals surface area contributed by atoms with Gasteiger partial charge in [-0.2, -0.15) is 0 Å². The van der Waals surface area contributed by atoms with E-state index in [4.69, 9.17) is 4.74 Å². The van der Waals surface area contributed by atoms with E-state index >= 15 is 0 Å². The molecule has 3 fully saturated rings. The second kappa shape index (κ2) is 6.39. The van der Waals surface area contributed by atoms with E-state index in [0.29, 0.717) is 11.5 Å². The van der Waals surface area contributed by atoms with Crippen LogP contribution in [0.4, 0.5) is 11.6 Å². The fourth-order valence-corrected chi connectivity index (χ4v) is 4.02. The molecule has 4 rings (SSSR count). The van der Waals surface area contributed by atoms with Crippen molar-refractivity contribution in [2.45, 2.75) is 18.9 Å². The number of carbonyl (C=O) groups excluding carboxylic acids is 1. The molecule has 0 bridgehead atoms. The first kappa shape index (κ1) is 15.4. The molecule has 1 N–H and O–H groups in total. The minimum Gasteiger partial charge on any atom is -0.378 e. The lowest BCUT2D eigenvalue weighted by Gasteiger charge is -2.59. The highest BCUT2D eigenvalue weighted by Crippen LogP contribution is 2.49. The Morgan fingerprint density at radius 1 is 1.25 bits per heavy atom. The SMILES string of the molecule is O=C/C=C/N1CC2(CC(Nc3cc(N4CCOCC4)ncn3)C2)C1. The summed E-state index contributed by atoms with van der Waals surface area (Å²) in [6, 6.07) is 2.52. The van der Waals surface area contributed by atoms with Gasteiger partial charge in [0, 0.05) is 49.9 Å². The molecule has 1 spiro atoms. The number of anilines is 2. The molecule has 3 aliphatic rings. The molecule has 1 aliphatic carbocycles. The van der Waals surface area contributed by atoms with E-state index in [2.05, 4.69) is 25.1 Å². The number of carbonyl (C=O) groups is 1. The maximum atomic E-state index is 10.3. The highest BCUT2D eigenvalue weighted by atomic mass is 16.5. The predicted molar refractivity (Wildman–Crippen MR) is 90.9 cm³/mol. The molecule has 3 heterocycles. The fraction of sp³-hybridized carbons (Fsp3) is 0.588. The summed E-state index contributed by atoms with van der Waals surface area (Å²) in [6.45, 7) is 5.39. The smallest absolute Gasteiger partial charge is 0.144 e. The van der Waals surface area contributed by atoms with Crippen molar-refractivity contribution in [3.8, 4) is 0 Å². The van der Waals surface area contributed by atoms with Gasteiger partial charge >= 0.3 is 0 Å². The van der Waals surface area contributed by atoms with Gasteiger partial charge in [0.1, 0.15) is 24.2 Å². The molecular formula is C17H23N5O2. The zero-order valence-corrected chi connectivity index (χ0v) is 13.7. The van der Waals surface area contributed by atoms with Gasteiger partial charge in [0.2, 0.25) is 0 Å². The highest BCUT2D eigenvalue weighted by Gasteiger charge is 2.51. The molecule has 2 saturated heterocycles. The van der Waals surface area contributed by atoms with Crippen LogP contribution in [0.1, 0.15) is 12.8 Å². The van der Waals surface area contributed by atoms with Crippen LogP contribution in [0.3, 0.4) is 0 Å². The normalized spacial score (nSPS) is 23.2. The zero-order valence-electron chi connectivity index (χ0n) is 13.7. The molecule has 0 aromatic carbocycles. The molecule has 2 aliphatic heterocycles. The summed E-state index contributed by atoms with van der Waals surface area (Å²) in [6.07, 6.45) is 8.24. The van der Waals surface area contributed by atoms with Crippen LogP contribution >= 0.6 is 0 Å². The Morgan fingerprint density at radius 3 is 2.79 bits per heavy atom. The van der Waals surface area contributed by atoms with E-state index in [9.17, 15) is 4.79 Å². The Morgan fingerprint density at radius 2 is 2.04 bits per heavy atom. The Balaban J connectivity index is 1.28. The number of nitrogens with zero attached hydrogens (tertiary/aromatic N) is 4. The van der Waals surface area contributed by atoms with Gasteiger partial charge in [0.05, 0.1) is 13.2 Å². The number of aromatic nitrogens is 2. The van der Waals surface area contributed by atoms with E-state index < -0.39 is 0 Å². The maximum Gasteiger partial charge on any atom is 0.144 e. The first-order valence-corrected chi connectivity index (χ1v) is 8.54. The lowest BCUT2D eigenvalue weighted by molar-refractivity contribution is -0.104. The van der Waals surface area contributed by atoms with Gasteiger partial charge in [-0.1, -0.05) is 0 Å². The molecule has 7 nitrogen and oxygen atoms in total. The number of aldehydes is 1. The van der Waals surface area contributed by atoms with Gasteiger partial charge in [0.15, 0.2) is 0 Å². The number of allylic oxidation sites excluding steroid dienone is 1. The van der Waals surface area contributed by atoms with E-state index in [-0.39, 0.29) is 0 Å². The Kier molecular flexibility index (Phi) is 4.10. The Labute approximate surface area is 141 Å². The number of likely N-dealkylation sites (tertiary alicyclic amines) is 1. The first-order valence-electron chi connectivity index (χ1n) is 8.54. The van der Waals surface area contributed by atoms with Gasteiger partial charge in [-0.3, -0.25) is 4.79 Å². The van der Waals surface area contributed by atoms with Gasteiger partial charge in [-0.05, 0) is 18.9 Å². The first-order chi connectivity index (χ1) is 11.8. The van der Waals surface area contributed by atoms with Crippen LogP contribution < -0.4 is 10.2 Å². The van der Waals surface area contributed by atoms with Crippen LogP contribution in [0, 0.1) is 5.41 Å². The van der Waals surface area contributed by atoms with Crippen LogP contribution in [0.15, 0.2) is 24.7 Å². The summed E-state index contributed by atoms with van der Waals surface area (Å²) in [5.41, 5.74) is 0.435. The van der Waals surface area contributed by atoms with Crippen molar-refractivity contribution in [2.75, 3.05) is 49.6 Å². The van der Waals surface area contributed by atoms with E-state index in [0.717, 1.165) is 70.2 Å². The van der Waals surface area contributed by atoms with Crippen molar-refractivity contribution in [3.63, 3.8) is 0 Å². The van der Waals surface area contributed by atoms with Crippen LogP contribution in [0.25, 0.3) is 0 Å². The molecule has 7 heteroatoms. The van der Waals surface area contributed by atoms with E-state index in [1.165, 1.54) is 0 Å². The van der Waals surface area contributed by atoms with Crippen LogP contribution in [0.2, 0.25) is 0 Å². The molecule has 1 aromatic rings. The molecular weight excluding hydrogens is 306 g/mol. The third kappa shape index (κ3) is 3.08. The number of hydrogen-bond acceptors (Lipinski definition) is 7. The van der Waals surface area contributed by atoms with Crippen molar-refractivity contribution in [1.82, 2.24) is 14.9 Å². The minimum atomic E-state index is 0.435. The third-order valence-electron chi connectivity index (χ3n) is 5.15. The van der Waals surface area contributed by atoms with Crippen molar-refractivity contribution in [3.05, 3.63) is 24.7 Å². The highest BCUT2D eigenvalue weighted by molar-refractivity contribution is 5.64. The minimum absolute atomic E-state index is 0.435. The summed E-state index contributed by atoms with van der Waals surface area (Å²) in [4.78, 5) is 23.5. The van der Waals surface area contributed by atoms with Gasteiger partial charge in [-0.15, -0.1) is 0 Å². The average Bonchev–Trinajstić information content (AvgIpc) is 2.56. The van der Waals surface area contributed by atoms with E-state index in [1.807, 2.05) is 12.3 Å². The Hall–Kier alpha value is -2.15.